The molecule has 5 nitrogen and oxygen atoms in total. The fourth-order valence-corrected chi connectivity index (χ4v) is 5.04. The van der Waals surface area contributed by atoms with E-state index in [2.05, 4.69) is 0 Å². The molecule has 29 heavy (non-hydrogen) atoms. The third-order valence-corrected chi connectivity index (χ3v) is 7.06. The summed E-state index contributed by atoms with van der Waals surface area (Å²) in [6.45, 7) is 6.01. The van der Waals surface area contributed by atoms with Crippen LogP contribution < -0.4 is 0 Å². The number of carbonyl (C=O) groups excluding carboxylic acids is 1. The monoisotopic (exact) mass is 405 g/mol. The Labute approximate surface area is 173 Å². The molecule has 0 bridgehead atoms. The lowest BCUT2D eigenvalue weighted by molar-refractivity contribution is 0.0732. The van der Waals surface area contributed by atoms with Crippen LogP contribution in [0.3, 0.4) is 0 Å². The first kappa shape index (κ1) is 18.3. The molecule has 5 rings (SSSR count). The van der Waals surface area contributed by atoms with Crippen LogP contribution in [0.4, 0.5) is 0 Å². The van der Waals surface area contributed by atoms with Crippen molar-refractivity contribution in [2.45, 2.75) is 45.6 Å². The summed E-state index contributed by atoms with van der Waals surface area (Å²) in [5, 5.41) is 2.07. The zero-order valence-electron chi connectivity index (χ0n) is 17.0. The van der Waals surface area contributed by atoms with E-state index in [4.69, 9.17) is 14.4 Å². The SMILES string of the molecule is Cc1nc(C2CC2)nc2sc(C(=O)N(C)[C@H](C)c3cc4ccccc4o3)c(C)c12. The fourth-order valence-electron chi connectivity index (χ4n) is 3.82. The number of hydrogen-bond donors (Lipinski definition) is 0. The molecule has 148 valence electrons. The second kappa shape index (κ2) is 6.66. The van der Waals surface area contributed by atoms with Gasteiger partial charge in [-0.1, -0.05) is 18.2 Å². The van der Waals surface area contributed by atoms with E-state index in [9.17, 15) is 4.79 Å². The molecule has 6 heteroatoms. The van der Waals surface area contributed by atoms with E-state index in [-0.39, 0.29) is 11.9 Å². The second-order valence-corrected chi connectivity index (χ2v) is 8.96. The highest BCUT2D eigenvalue weighted by Crippen LogP contribution is 2.41. The van der Waals surface area contributed by atoms with Crippen molar-refractivity contribution in [1.29, 1.82) is 0 Å². The second-order valence-electron chi connectivity index (χ2n) is 7.96. The van der Waals surface area contributed by atoms with Crippen molar-refractivity contribution >= 4 is 38.4 Å². The van der Waals surface area contributed by atoms with E-state index >= 15 is 0 Å². The largest absolute Gasteiger partial charge is 0.459 e. The maximum Gasteiger partial charge on any atom is 0.264 e. The lowest BCUT2D eigenvalue weighted by atomic mass is 10.1. The van der Waals surface area contributed by atoms with Gasteiger partial charge in [0.15, 0.2) is 0 Å². The van der Waals surface area contributed by atoms with Crippen molar-refractivity contribution in [1.82, 2.24) is 14.9 Å². The van der Waals surface area contributed by atoms with Crippen molar-refractivity contribution in [3.63, 3.8) is 0 Å². The average molecular weight is 406 g/mol. The summed E-state index contributed by atoms with van der Waals surface area (Å²) in [7, 11) is 1.83. The van der Waals surface area contributed by atoms with Gasteiger partial charge < -0.3 is 9.32 Å². The van der Waals surface area contributed by atoms with Gasteiger partial charge in [-0.2, -0.15) is 0 Å². The molecular formula is C23H23N3O2S. The number of aryl methyl sites for hydroxylation is 2. The van der Waals surface area contributed by atoms with Crippen LogP contribution in [-0.2, 0) is 0 Å². The summed E-state index contributed by atoms with van der Waals surface area (Å²) in [5.74, 6) is 2.20. The van der Waals surface area contributed by atoms with Gasteiger partial charge in [0.05, 0.1) is 16.6 Å². The molecule has 0 radical (unpaired) electrons. The first-order valence-corrected chi connectivity index (χ1v) is 10.8. The summed E-state index contributed by atoms with van der Waals surface area (Å²) in [6.07, 6.45) is 2.33. The maximum atomic E-state index is 13.4. The Morgan fingerprint density at radius 1 is 1.24 bits per heavy atom. The molecule has 0 unspecified atom stereocenters. The van der Waals surface area contributed by atoms with Crippen molar-refractivity contribution in [3.05, 3.63) is 58.1 Å². The number of furan rings is 1. The maximum absolute atomic E-state index is 13.4. The van der Waals surface area contributed by atoms with Gasteiger partial charge in [0, 0.05) is 23.7 Å². The lowest BCUT2D eigenvalue weighted by Gasteiger charge is -2.23. The molecular weight excluding hydrogens is 382 g/mol. The Balaban J connectivity index is 1.49. The molecule has 1 amide bonds. The summed E-state index contributed by atoms with van der Waals surface area (Å²) < 4.78 is 5.98. The van der Waals surface area contributed by atoms with Crippen LogP contribution in [0, 0.1) is 13.8 Å². The van der Waals surface area contributed by atoms with Gasteiger partial charge in [0.25, 0.3) is 5.91 Å². The van der Waals surface area contributed by atoms with Crippen molar-refractivity contribution in [2.24, 2.45) is 0 Å². The topological polar surface area (TPSA) is 59.2 Å². The third kappa shape index (κ3) is 3.02. The molecule has 1 saturated carbocycles. The molecule has 3 aromatic heterocycles. The van der Waals surface area contributed by atoms with Crippen LogP contribution in [-0.4, -0.2) is 27.8 Å². The van der Waals surface area contributed by atoms with Gasteiger partial charge in [0.1, 0.15) is 22.0 Å². The zero-order valence-corrected chi connectivity index (χ0v) is 17.8. The van der Waals surface area contributed by atoms with Crippen LogP contribution in [0.15, 0.2) is 34.7 Å². The highest BCUT2D eigenvalue weighted by Gasteiger charge is 2.30. The molecule has 0 N–H and O–H groups in total. The van der Waals surface area contributed by atoms with Gasteiger partial charge in [0.2, 0.25) is 0 Å². The standard InChI is InChI=1S/C23H23N3O2S/c1-12-19-13(2)24-21(15-9-10-15)25-22(19)29-20(12)23(27)26(4)14(3)18-11-16-7-5-6-8-17(16)28-18/h5-8,11,14-15H,9-10H2,1-4H3/t14-/m1/s1. The minimum Gasteiger partial charge on any atom is -0.459 e. The number of fused-ring (bicyclic) bond motifs is 2. The van der Waals surface area contributed by atoms with Crippen molar-refractivity contribution in [2.75, 3.05) is 7.05 Å². The van der Waals surface area contributed by atoms with Crippen LogP contribution in [0.25, 0.3) is 21.2 Å². The molecule has 0 spiro atoms. The fraction of sp³-hybridized carbons (Fsp3) is 0.348. The highest BCUT2D eigenvalue weighted by molar-refractivity contribution is 7.20. The van der Waals surface area contributed by atoms with Crippen LogP contribution >= 0.6 is 11.3 Å². The van der Waals surface area contributed by atoms with E-state index in [0.29, 0.717) is 5.92 Å². The molecule has 1 aromatic carbocycles. The van der Waals surface area contributed by atoms with E-state index in [0.717, 1.165) is 48.9 Å². The third-order valence-electron chi connectivity index (χ3n) is 5.88. The molecule has 4 aromatic rings. The van der Waals surface area contributed by atoms with E-state index in [1.165, 1.54) is 24.2 Å². The van der Waals surface area contributed by atoms with Gasteiger partial charge >= 0.3 is 0 Å². The highest BCUT2D eigenvalue weighted by atomic mass is 32.1. The Kier molecular flexibility index (Phi) is 4.21. The van der Waals surface area contributed by atoms with E-state index in [1.807, 2.05) is 58.2 Å². The van der Waals surface area contributed by atoms with Crippen LogP contribution in [0.2, 0.25) is 0 Å². The number of nitrogens with zero attached hydrogens (tertiary/aromatic N) is 3. The van der Waals surface area contributed by atoms with Gasteiger partial charge in [-0.25, -0.2) is 9.97 Å². The predicted octanol–water partition coefficient (Wildman–Crippen LogP) is 5.76. The molecule has 0 saturated heterocycles. The zero-order chi connectivity index (χ0) is 20.3. The van der Waals surface area contributed by atoms with E-state index in [1.54, 1.807) is 4.90 Å². The number of amides is 1. The number of aromatic nitrogens is 2. The molecule has 1 aliphatic carbocycles. The summed E-state index contributed by atoms with van der Waals surface area (Å²) in [5.41, 5.74) is 2.78. The molecule has 1 atom stereocenters. The first-order chi connectivity index (χ1) is 13.9. The minimum atomic E-state index is -0.172. The van der Waals surface area contributed by atoms with E-state index < -0.39 is 0 Å². The van der Waals surface area contributed by atoms with Crippen LogP contribution in [0.5, 0.6) is 0 Å². The first-order valence-electron chi connectivity index (χ1n) is 9.97. The number of hydrogen-bond acceptors (Lipinski definition) is 5. The molecule has 0 aliphatic heterocycles. The summed E-state index contributed by atoms with van der Waals surface area (Å²) in [6, 6.07) is 9.75. The number of rotatable bonds is 4. The Morgan fingerprint density at radius 3 is 2.72 bits per heavy atom. The Morgan fingerprint density at radius 2 is 2.00 bits per heavy atom. The van der Waals surface area contributed by atoms with Gasteiger partial charge in [-0.15, -0.1) is 11.3 Å². The quantitative estimate of drug-likeness (QED) is 0.433. The predicted molar refractivity (Wildman–Crippen MR) is 116 cm³/mol. The van der Waals surface area contributed by atoms with Gasteiger partial charge in [-0.05, 0) is 51.3 Å². The Bertz CT molecular complexity index is 1220. The molecule has 1 fully saturated rings. The molecule has 1 aliphatic rings. The minimum absolute atomic E-state index is 0.00849. The summed E-state index contributed by atoms with van der Waals surface area (Å²) in [4.78, 5) is 26.2. The van der Waals surface area contributed by atoms with Crippen molar-refractivity contribution < 1.29 is 9.21 Å². The normalized spacial score (nSPS) is 15.2. The summed E-state index contributed by atoms with van der Waals surface area (Å²) >= 11 is 1.48. The smallest absolute Gasteiger partial charge is 0.264 e. The average Bonchev–Trinajstić information content (AvgIpc) is 3.39. The Hall–Kier alpha value is -2.73. The van der Waals surface area contributed by atoms with Crippen molar-refractivity contribution in [3.8, 4) is 0 Å². The molecule has 3 heterocycles. The number of thiophene rings is 1. The lowest BCUT2D eigenvalue weighted by Crippen LogP contribution is -2.29. The number of carbonyl (C=O) groups is 1. The van der Waals surface area contributed by atoms with Gasteiger partial charge in [-0.3, -0.25) is 4.79 Å². The van der Waals surface area contributed by atoms with Crippen LogP contribution in [0.1, 0.15) is 64.2 Å². The number of benzene rings is 1. The number of para-hydroxylation sites is 1.